The third kappa shape index (κ3) is 3.27. The number of amides is 1. The van der Waals surface area contributed by atoms with Crippen molar-refractivity contribution in [3.05, 3.63) is 65.9 Å². The molecule has 0 saturated carbocycles. The topological polar surface area (TPSA) is 59.5 Å². The number of carbonyl (C=O) groups excluding carboxylic acids is 1. The van der Waals surface area contributed by atoms with Crippen LogP contribution >= 0.6 is 0 Å². The molecule has 0 radical (unpaired) electrons. The molecule has 2 aromatic carbocycles. The number of nitrogen functional groups attached to an aromatic ring is 1. The van der Waals surface area contributed by atoms with Crippen molar-refractivity contribution in [3.8, 4) is 0 Å². The van der Waals surface area contributed by atoms with E-state index >= 15 is 0 Å². The van der Waals surface area contributed by atoms with Gasteiger partial charge in [0.1, 0.15) is 11.3 Å². The third-order valence-electron chi connectivity index (χ3n) is 4.49. The van der Waals surface area contributed by atoms with Crippen LogP contribution in [0.25, 0.3) is 11.0 Å². The number of hydrogen-bond acceptors (Lipinski definition) is 3. The zero-order chi connectivity index (χ0) is 17.1. The highest BCUT2D eigenvalue weighted by Gasteiger charge is 2.20. The molecule has 0 aliphatic rings. The second-order valence-electron chi connectivity index (χ2n) is 6.07. The van der Waals surface area contributed by atoms with Crippen LogP contribution in [0.15, 0.2) is 59.0 Å². The van der Waals surface area contributed by atoms with Gasteiger partial charge in [-0.3, -0.25) is 4.79 Å². The van der Waals surface area contributed by atoms with Crippen LogP contribution in [0.2, 0.25) is 0 Å². The first-order valence-electron chi connectivity index (χ1n) is 8.14. The van der Waals surface area contributed by atoms with Crippen LogP contribution in [-0.2, 0) is 11.2 Å². The summed E-state index contributed by atoms with van der Waals surface area (Å²) in [6.07, 6.45) is 1.07. The van der Waals surface area contributed by atoms with E-state index in [9.17, 15) is 4.79 Å². The van der Waals surface area contributed by atoms with Gasteiger partial charge in [-0.15, -0.1) is 0 Å². The number of rotatable bonds is 5. The minimum atomic E-state index is -0.113. The Balaban J connectivity index is 1.67. The van der Waals surface area contributed by atoms with Crippen LogP contribution in [0, 0.1) is 0 Å². The molecule has 4 heteroatoms. The van der Waals surface area contributed by atoms with Gasteiger partial charge >= 0.3 is 0 Å². The molecule has 2 N–H and O–H groups in total. The summed E-state index contributed by atoms with van der Waals surface area (Å²) in [5.74, 6) is 0.873. The van der Waals surface area contributed by atoms with Crippen molar-refractivity contribution in [2.24, 2.45) is 0 Å². The summed E-state index contributed by atoms with van der Waals surface area (Å²) >= 11 is 0. The normalized spacial score (nSPS) is 12.2. The van der Waals surface area contributed by atoms with Crippen LogP contribution in [-0.4, -0.2) is 17.9 Å². The molecule has 0 aliphatic heterocycles. The first-order chi connectivity index (χ1) is 11.6. The quantitative estimate of drug-likeness (QED) is 0.717. The van der Waals surface area contributed by atoms with Crippen molar-refractivity contribution in [2.75, 3.05) is 12.8 Å². The molecule has 0 spiro atoms. The number of carbonyl (C=O) groups is 1. The summed E-state index contributed by atoms with van der Waals surface area (Å²) in [7, 11) is 1.81. The van der Waals surface area contributed by atoms with Gasteiger partial charge in [-0.2, -0.15) is 0 Å². The summed E-state index contributed by atoms with van der Waals surface area (Å²) in [6.45, 7) is 1.98. The average Bonchev–Trinajstić information content (AvgIpc) is 3.03. The van der Waals surface area contributed by atoms with E-state index in [0.29, 0.717) is 12.8 Å². The van der Waals surface area contributed by atoms with Gasteiger partial charge < -0.3 is 15.1 Å². The zero-order valence-corrected chi connectivity index (χ0v) is 14.0. The fraction of sp³-hybridized carbons (Fsp3) is 0.250. The molecule has 24 heavy (non-hydrogen) atoms. The van der Waals surface area contributed by atoms with Gasteiger partial charge in [0.15, 0.2) is 0 Å². The highest BCUT2D eigenvalue weighted by atomic mass is 16.3. The van der Waals surface area contributed by atoms with Gasteiger partial charge in [0, 0.05) is 24.5 Å². The van der Waals surface area contributed by atoms with Crippen LogP contribution in [0.4, 0.5) is 5.69 Å². The minimum absolute atomic E-state index is 0.0752. The first kappa shape index (κ1) is 16.1. The van der Waals surface area contributed by atoms with Gasteiger partial charge in [0.25, 0.3) is 0 Å². The Kier molecular flexibility index (Phi) is 4.56. The van der Waals surface area contributed by atoms with Crippen molar-refractivity contribution in [2.45, 2.75) is 25.8 Å². The van der Waals surface area contributed by atoms with Gasteiger partial charge in [0.2, 0.25) is 5.91 Å². The Morgan fingerprint density at radius 1 is 1.17 bits per heavy atom. The molecule has 0 bridgehead atoms. The zero-order valence-electron chi connectivity index (χ0n) is 14.0. The highest BCUT2D eigenvalue weighted by Crippen LogP contribution is 2.27. The summed E-state index contributed by atoms with van der Waals surface area (Å²) in [4.78, 5) is 14.2. The maximum atomic E-state index is 12.5. The minimum Gasteiger partial charge on any atom is -0.459 e. The summed E-state index contributed by atoms with van der Waals surface area (Å²) in [5, 5.41) is 1.05. The Morgan fingerprint density at radius 3 is 2.62 bits per heavy atom. The summed E-state index contributed by atoms with van der Waals surface area (Å²) in [6, 6.07) is 17.4. The molecule has 3 aromatic rings. The number of fused-ring (bicyclic) bond motifs is 1. The van der Waals surface area contributed by atoms with E-state index in [1.54, 1.807) is 4.90 Å². The number of para-hydroxylation sites is 2. The van der Waals surface area contributed by atoms with E-state index < -0.39 is 0 Å². The van der Waals surface area contributed by atoms with Gasteiger partial charge in [0.05, 0.1) is 6.04 Å². The van der Waals surface area contributed by atoms with E-state index in [-0.39, 0.29) is 11.9 Å². The smallest absolute Gasteiger partial charge is 0.223 e. The molecule has 1 atom stereocenters. The SMILES string of the molecule is CC(c1cc2ccccc2o1)N(C)C(=O)CCc1ccccc1N. The predicted octanol–water partition coefficient (Wildman–Crippen LogP) is 4.17. The monoisotopic (exact) mass is 322 g/mol. The van der Waals surface area contributed by atoms with Gasteiger partial charge in [-0.1, -0.05) is 36.4 Å². The van der Waals surface area contributed by atoms with Crippen molar-refractivity contribution in [1.29, 1.82) is 0 Å². The van der Waals surface area contributed by atoms with E-state index in [0.717, 1.165) is 28.0 Å². The largest absolute Gasteiger partial charge is 0.459 e. The number of anilines is 1. The highest BCUT2D eigenvalue weighted by molar-refractivity contribution is 5.79. The van der Waals surface area contributed by atoms with Crippen molar-refractivity contribution in [3.63, 3.8) is 0 Å². The number of nitrogens with two attached hydrogens (primary N) is 1. The summed E-state index contributed by atoms with van der Waals surface area (Å²) < 4.78 is 5.87. The van der Waals surface area contributed by atoms with E-state index in [1.165, 1.54) is 0 Å². The van der Waals surface area contributed by atoms with Crippen LogP contribution in [0.3, 0.4) is 0 Å². The molecule has 1 amide bonds. The van der Waals surface area contributed by atoms with Crippen molar-refractivity contribution in [1.82, 2.24) is 4.90 Å². The lowest BCUT2D eigenvalue weighted by molar-refractivity contribution is -0.132. The number of benzene rings is 2. The Bertz CT molecular complexity index is 820. The first-order valence-corrected chi connectivity index (χ1v) is 8.14. The molecule has 0 fully saturated rings. The lowest BCUT2D eigenvalue weighted by Crippen LogP contribution is -2.29. The molecule has 4 nitrogen and oxygen atoms in total. The lowest BCUT2D eigenvalue weighted by Gasteiger charge is -2.23. The molecular weight excluding hydrogens is 300 g/mol. The molecular formula is C20H22N2O2. The number of hydrogen-bond donors (Lipinski definition) is 1. The molecule has 1 heterocycles. The van der Waals surface area contributed by atoms with Crippen LogP contribution in [0.1, 0.15) is 30.7 Å². The molecule has 3 rings (SSSR count). The second-order valence-corrected chi connectivity index (χ2v) is 6.07. The Hall–Kier alpha value is -2.75. The Morgan fingerprint density at radius 2 is 1.88 bits per heavy atom. The lowest BCUT2D eigenvalue weighted by atomic mass is 10.1. The number of aryl methyl sites for hydroxylation is 1. The second kappa shape index (κ2) is 6.79. The molecule has 124 valence electrons. The fourth-order valence-electron chi connectivity index (χ4n) is 2.79. The van der Waals surface area contributed by atoms with E-state index in [1.807, 2.05) is 68.6 Å². The van der Waals surface area contributed by atoms with Crippen molar-refractivity contribution < 1.29 is 9.21 Å². The fourth-order valence-corrected chi connectivity index (χ4v) is 2.79. The van der Waals surface area contributed by atoms with E-state index in [2.05, 4.69) is 0 Å². The van der Waals surface area contributed by atoms with E-state index in [4.69, 9.17) is 10.2 Å². The predicted molar refractivity (Wildman–Crippen MR) is 96.6 cm³/mol. The number of nitrogens with zero attached hydrogens (tertiary/aromatic N) is 1. The van der Waals surface area contributed by atoms with Gasteiger partial charge in [-0.05, 0) is 37.1 Å². The molecule has 0 aliphatic carbocycles. The van der Waals surface area contributed by atoms with Gasteiger partial charge in [-0.25, -0.2) is 0 Å². The molecule has 1 aromatic heterocycles. The third-order valence-corrected chi connectivity index (χ3v) is 4.49. The number of furan rings is 1. The van der Waals surface area contributed by atoms with Crippen LogP contribution in [0.5, 0.6) is 0 Å². The standard InChI is InChI=1S/C20H22N2O2/c1-14(19-13-16-8-4-6-10-18(16)24-19)22(2)20(23)12-11-15-7-3-5-9-17(15)21/h3-10,13-14H,11-12,21H2,1-2H3. The van der Waals surface area contributed by atoms with Crippen molar-refractivity contribution >= 4 is 22.6 Å². The Labute approximate surface area is 141 Å². The maximum absolute atomic E-state index is 12.5. The molecule has 0 saturated heterocycles. The molecule has 1 unspecified atom stereocenters. The summed E-state index contributed by atoms with van der Waals surface area (Å²) in [5.41, 5.74) is 8.53. The average molecular weight is 322 g/mol. The maximum Gasteiger partial charge on any atom is 0.223 e. The van der Waals surface area contributed by atoms with Crippen LogP contribution < -0.4 is 5.73 Å².